The third-order valence-corrected chi connectivity index (χ3v) is 3.72. The second kappa shape index (κ2) is 7.07. The molecule has 2 fully saturated rings. The lowest BCUT2D eigenvalue weighted by molar-refractivity contribution is -0.128. The molecule has 18 heavy (non-hydrogen) atoms. The van der Waals surface area contributed by atoms with Crippen molar-refractivity contribution in [2.24, 2.45) is 0 Å². The number of hydrogen-bond donors (Lipinski definition) is 0. The van der Waals surface area contributed by atoms with Gasteiger partial charge in [0.25, 0.3) is 0 Å². The van der Waals surface area contributed by atoms with Gasteiger partial charge in [-0.05, 0) is 12.8 Å². The van der Waals surface area contributed by atoms with Crippen LogP contribution in [-0.4, -0.2) is 74.9 Å². The number of ether oxygens (including phenoxy) is 2. The third-order valence-electron chi connectivity index (χ3n) is 3.72. The fraction of sp³-hybridized carbons (Fsp3) is 0.923. The van der Waals surface area contributed by atoms with E-state index in [4.69, 9.17) is 9.47 Å². The minimum Gasteiger partial charge on any atom is -0.385 e. The van der Waals surface area contributed by atoms with Crippen LogP contribution in [0.5, 0.6) is 0 Å². The highest BCUT2D eigenvalue weighted by atomic mass is 16.5. The Bertz CT molecular complexity index is 273. The molecule has 1 atom stereocenters. The van der Waals surface area contributed by atoms with Crippen molar-refractivity contribution in [3.05, 3.63) is 0 Å². The van der Waals surface area contributed by atoms with E-state index in [1.807, 2.05) is 4.90 Å². The van der Waals surface area contributed by atoms with E-state index in [0.717, 1.165) is 65.2 Å². The maximum atomic E-state index is 11.5. The molecule has 0 bridgehead atoms. The Morgan fingerprint density at radius 3 is 3.00 bits per heavy atom. The van der Waals surface area contributed by atoms with E-state index in [-0.39, 0.29) is 6.10 Å². The van der Waals surface area contributed by atoms with Gasteiger partial charge in [0, 0.05) is 52.9 Å². The molecule has 2 saturated heterocycles. The van der Waals surface area contributed by atoms with E-state index in [2.05, 4.69) is 4.90 Å². The van der Waals surface area contributed by atoms with Gasteiger partial charge in [-0.3, -0.25) is 9.69 Å². The summed E-state index contributed by atoms with van der Waals surface area (Å²) in [6, 6.07) is 0. The second-order valence-corrected chi connectivity index (χ2v) is 5.06. The van der Waals surface area contributed by atoms with Crippen molar-refractivity contribution < 1.29 is 14.3 Å². The zero-order chi connectivity index (χ0) is 12.8. The normalized spacial score (nSPS) is 25.9. The first-order valence-electron chi connectivity index (χ1n) is 6.90. The largest absolute Gasteiger partial charge is 0.385 e. The lowest BCUT2D eigenvalue weighted by Crippen LogP contribution is -2.46. The average molecular weight is 256 g/mol. The van der Waals surface area contributed by atoms with Gasteiger partial charge in [0.15, 0.2) is 0 Å². The molecule has 0 spiro atoms. The monoisotopic (exact) mass is 256 g/mol. The molecule has 104 valence electrons. The smallest absolute Gasteiger partial charge is 0.222 e. The fourth-order valence-corrected chi connectivity index (χ4v) is 2.61. The molecule has 5 heteroatoms. The molecule has 0 aromatic carbocycles. The van der Waals surface area contributed by atoms with Gasteiger partial charge in [0.05, 0.1) is 12.7 Å². The first-order chi connectivity index (χ1) is 8.79. The van der Waals surface area contributed by atoms with E-state index in [1.165, 1.54) is 0 Å². The lowest BCUT2D eigenvalue weighted by atomic mass is 10.2. The summed E-state index contributed by atoms with van der Waals surface area (Å²) in [4.78, 5) is 15.9. The Morgan fingerprint density at radius 1 is 1.39 bits per heavy atom. The van der Waals surface area contributed by atoms with Gasteiger partial charge >= 0.3 is 0 Å². The van der Waals surface area contributed by atoms with Crippen LogP contribution in [0.3, 0.4) is 0 Å². The Kier molecular flexibility index (Phi) is 5.41. The maximum Gasteiger partial charge on any atom is 0.222 e. The number of carbonyl (C=O) groups excluding carboxylic acids is 1. The summed E-state index contributed by atoms with van der Waals surface area (Å²) in [6.07, 6.45) is 3.00. The molecule has 2 heterocycles. The van der Waals surface area contributed by atoms with Crippen LogP contribution in [0.25, 0.3) is 0 Å². The number of nitrogens with zero attached hydrogens (tertiary/aromatic N) is 2. The number of likely N-dealkylation sites (tertiary alicyclic amines) is 1. The summed E-state index contributed by atoms with van der Waals surface area (Å²) in [5.41, 5.74) is 0. The van der Waals surface area contributed by atoms with Crippen LogP contribution < -0.4 is 0 Å². The van der Waals surface area contributed by atoms with Crippen LogP contribution >= 0.6 is 0 Å². The minimum atomic E-state index is 0.285. The molecule has 2 rings (SSSR count). The van der Waals surface area contributed by atoms with Gasteiger partial charge in [-0.25, -0.2) is 0 Å². The fourth-order valence-electron chi connectivity index (χ4n) is 2.61. The van der Waals surface area contributed by atoms with Crippen molar-refractivity contribution in [3.63, 3.8) is 0 Å². The van der Waals surface area contributed by atoms with Crippen LogP contribution in [-0.2, 0) is 14.3 Å². The summed E-state index contributed by atoms with van der Waals surface area (Å²) < 4.78 is 10.8. The van der Waals surface area contributed by atoms with Gasteiger partial charge in [0.2, 0.25) is 5.91 Å². The highest BCUT2D eigenvalue weighted by Crippen LogP contribution is 2.11. The van der Waals surface area contributed by atoms with Crippen molar-refractivity contribution in [3.8, 4) is 0 Å². The molecule has 1 amide bonds. The molecule has 0 aromatic heterocycles. The van der Waals surface area contributed by atoms with E-state index in [0.29, 0.717) is 5.91 Å². The van der Waals surface area contributed by atoms with Crippen LogP contribution in [0.2, 0.25) is 0 Å². The summed E-state index contributed by atoms with van der Waals surface area (Å²) in [5.74, 6) is 0.319. The summed E-state index contributed by atoms with van der Waals surface area (Å²) >= 11 is 0. The molecule has 2 aliphatic heterocycles. The third kappa shape index (κ3) is 3.93. The second-order valence-electron chi connectivity index (χ2n) is 5.06. The van der Waals surface area contributed by atoms with Crippen molar-refractivity contribution in [1.82, 2.24) is 9.80 Å². The van der Waals surface area contributed by atoms with E-state index in [1.54, 1.807) is 7.11 Å². The van der Waals surface area contributed by atoms with Gasteiger partial charge in [-0.15, -0.1) is 0 Å². The first kappa shape index (κ1) is 13.8. The van der Waals surface area contributed by atoms with Gasteiger partial charge < -0.3 is 14.4 Å². The van der Waals surface area contributed by atoms with Crippen LogP contribution in [0.1, 0.15) is 19.3 Å². The molecule has 1 unspecified atom stereocenters. The van der Waals surface area contributed by atoms with Crippen molar-refractivity contribution in [2.45, 2.75) is 25.4 Å². The number of carbonyl (C=O) groups is 1. The molecule has 2 aliphatic rings. The van der Waals surface area contributed by atoms with Gasteiger partial charge in [-0.1, -0.05) is 0 Å². The molecule has 0 aliphatic carbocycles. The quantitative estimate of drug-likeness (QED) is 0.687. The number of rotatable bonds is 6. The molecule has 0 N–H and O–H groups in total. The van der Waals surface area contributed by atoms with Crippen molar-refractivity contribution in [2.75, 3.05) is 53.0 Å². The predicted octanol–water partition coefficient (Wildman–Crippen LogP) is 0.346. The topological polar surface area (TPSA) is 42.0 Å². The minimum absolute atomic E-state index is 0.285. The standard InChI is InChI=1S/C13H24N2O3/c1-17-9-4-12-11-14(8-10-18-12)6-7-15-5-2-3-13(15)16/h12H,2-11H2,1H3. The molecule has 0 radical (unpaired) electrons. The van der Waals surface area contributed by atoms with E-state index >= 15 is 0 Å². The van der Waals surface area contributed by atoms with Crippen LogP contribution in [0, 0.1) is 0 Å². The van der Waals surface area contributed by atoms with E-state index in [9.17, 15) is 4.79 Å². The molecular weight excluding hydrogens is 232 g/mol. The summed E-state index contributed by atoms with van der Waals surface area (Å²) in [6.45, 7) is 6.27. The van der Waals surface area contributed by atoms with Gasteiger partial charge in [0.1, 0.15) is 0 Å². The number of hydrogen-bond acceptors (Lipinski definition) is 4. The molecular formula is C13H24N2O3. The molecule has 5 nitrogen and oxygen atoms in total. The average Bonchev–Trinajstić information content (AvgIpc) is 2.80. The maximum absolute atomic E-state index is 11.5. The number of methoxy groups -OCH3 is 1. The number of amides is 1. The Hall–Kier alpha value is -0.650. The lowest BCUT2D eigenvalue weighted by Gasteiger charge is -2.33. The Labute approximate surface area is 109 Å². The molecule has 0 aromatic rings. The van der Waals surface area contributed by atoms with Crippen LogP contribution in [0.4, 0.5) is 0 Å². The highest BCUT2D eigenvalue weighted by molar-refractivity contribution is 5.78. The zero-order valence-corrected chi connectivity index (χ0v) is 11.3. The van der Waals surface area contributed by atoms with Crippen molar-refractivity contribution in [1.29, 1.82) is 0 Å². The SMILES string of the molecule is COCCC1CN(CCN2CCCC2=O)CCO1. The van der Waals surface area contributed by atoms with Gasteiger partial charge in [-0.2, -0.15) is 0 Å². The summed E-state index contributed by atoms with van der Waals surface area (Å²) in [5, 5.41) is 0. The Balaban J connectivity index is 1.67. The zero-order valence-electron chi connectivity index (χ0n) is 11.3. The number of morpholine rings is 1. The van der Waals surface area contributed by atoms with Crippen LogP contribution in [0.15, 0.2) is 0 Å². The Morgan fingerprint density at radius 2 is 2.28 bits per heavy atom. The van der Waals surface area contributed by atoms with Crippen molar-refractivity contribution >= 4 is 5.91 Å². The summed E-state index contributed by atoms with van der Waals surface area (Å²) in [7, 11) is 1.72. The van der Waals surface area contributed by atoms with E-state index < -0.39 is 0 Å². The first-order valence-corrected chi connectivity index (χ1v) is 6.90. The predicted molar refractivity (Wildman–Crippen MR) is 68.5 cm³/mol. The highest BCUT2D eigenvalue weighted by Gasteiger charge is 2.23. The molecule has 0 saturated carbocycles.